The van der Waals surface area contributed by atoms with Crippen molar-refractivity contribution in [1.82, 2.24) is 16.0 Å². The van der Waals surface area contributed by atoms with Crippen LogP contribution < -0.4 is 38.9 Å². The number of rotatable bonds is 17. The molecule has 14 nitrogen and oxygen atoms in total. The van der Waals surface area contributed by atoms with E-state index >= 15 is 0 Å². The molecule has 0 aromatic rings. The molecule has 0 fully saturated rings. The van der Waals surface area contributed by atoms with Crippen molar-refractivity contribution in [2.24, 2.45) is 27.9 Å². The number of amides is 4. The first-order valence-corrected chi connectivity index (χ1v) is 12.3. The van der Waals surface area contributed by atoms with Crippen molar-refractivity contribution in [2.45, 2.75) is 49.9 Å². The highest BCUT2D eigenvalue weighted by Gasteiger charge is 2.30. The standard InChI is InChI=1S/C18H34N8O6S2/c1-34-6-4-9(19)14(28)24-10(3-2-5-23-18(21)22)15(29)25-11(7-13(20)27)16(30)26-12(8-33)17(31)32/h9-12,33H,2-8,19H2,1H3,(H2,20,27)(H,24,28)(H,25,29)(H,26,30)(H,31,32)(H4,21,22,23). The Bertz CT molecular complexity index is 750. The molecular formula is C18H34N8O6S2. The van der Waals surface area contributed by atoms with Crippen LogP contribution in [0.25, 0.3) is 0 Å². The normalized spacial score (nSPS) is 14.1. The second-order valence-corrected chi connectivity index (χ2v) is 8.56. The van der Waals surface area contributed by atoms with Gasteiger partial charge < -0.3 is 44.0 Å². The number of hydrogen-bond acceptors (Lipinski definition) is 9. The van der Waals surface area contributed by atoms with Crippen LogP contribution >= 0.6 is 24.4 Å². The zero-order valence-electron chi connectivity index (χ0n) is 18.9. The van der Waals surface area contributed by atoms with Crippen LogP contribution in [0.2, 0.25) is 0 Å². The minimum absolute atomic E-state index is 0.0862. The van der Waals surface area contributed by atoms with Crippen molar-refractivity contribution in [2.75, 3.05) is 24.3 Å². The molecule has 12 N–H and O–H groups in total. The fourth-order valence-electron chi connectivity index (χ4n) is 2.57. The predicted molar refractivity (Wildman–Crippen MR) is 132 cm³/mol. The lowest BCUT2D eigenvalue weighted by Crippen LogP contribution is -2.58. The van der Waals surface area contributed by atoms with Gasteiger partial charge in [-0.25, -0.2) is 4.79 Å². The van der Waals surface area contributed by atoms with Gasteiger partial charge in [0.1, 0.15) is 18.1 Å². The zero-order chi connectivity index (χ0) is 26.3. The number of nitrogens with two attached hydrogens (primary N) is 4. The predicted octanol–water partition coefficient (Wildman–Crippen LogP) is -3.54. The molecule has 0 aliphatic heterocycles. The summed E-state index contributed by atoms with van der Waals surface area (Å²) in [5.74, 6) is -4.32. The van der Waals surface area contributed by atoms with E-state index in [-0.39, 0.29) is 24.7 Å². The topological polar surface area (TPSA) is 258 Å². The number of carbonyl (C=O) groups excluding carboxylic acids is 4. The van der Waals surface area contributed by atoms with E-state index in [1.807, 2.05) is 6.26 Å². The largest absolute Gasteiger partial charge is 0.480 e. The van der Waals surface area contributed by atoms with Crippen LogP contribution in [0, 0.1) is 0 Å². The highest BCUT2D eigenvalue weighted by Crippen LogP contribution is 2.04. The average Bonchev–Trinajstić information content (AvgIpc) is 2.75. The van der Waals surface area contributed by atoms with Crippen molar-refractivity contribution in [1.29, 1.82) is 0 Å². The quantitative estimate of drug-likeness (QED) is 0.0393. The van der Waals surface area contributed by atoms with Gasteiger partial charge in [0.25, 0.3) is 0 Å². The van der Waals surface area contributed by atoms with Gasteiger partial charge in [0, 0.05) is 12.3 Å². The van der Waals surface area contributed by atoms with Crippen molar-refractivity contribution < 1.29 is 29.1 Å². The molecule has 0 aromatic heterocycles. The molecule has 34 heavy (non-hydrogen) atoms. The van der Waals surface area contributed by atoms with Crippen LogP contribution in [0.4, 0.5) is 0 Å². The first-order valence-electron chi connectivity index (χ1n) is 10.3. The molecule has 0 aliphatic carbocycles. The maximum Gasteiger partial charge on any atom is 0.327 e. The van der Waals surface area contributed by atoms with E-state index in [1.54, 1.807) is 0 Å². The number of guanidine groups is 1. The second-order valence-electron chi connectivity index (χ2n) is 7.21. The van der Waals surface area contributed by atoms with Crippen LogP contribution in [0.1, 0.15) is 25.7 Å². The fourth-order valence-corrected chi connectivity index (χ4v) is 3.30. The van der Waals surface area contributed by atoms with Gasteiger partial charge in [-0.15, -0.1) is 0 Å². The number of primary amides is 1. The van der Waals surface area contributed by atoms with E-state index < -0.39 is 60.2 Å². The molecule has 4 unspecified atom stereocenters. The Labute approximate surface area is 207 Å². The molecule has 4 amide bonds. The highest BCUT2D eigenvalue weighted by molar-refractivity contribution is 7.98. The Hall–Kier alpha value is -2.72. The molecule has 0 aliphatic rings. The summed E-state index contributed by atoms with van der Waals surface area (Å²) in [4.78, 5) is 64.3. The number of carboxylic acids is 1. The first kappa shape index (κ1) is 31.3. The lowest BCUT2D eigenvalue weighted by Gasteiger charge is -2.24. The van der Waals surface area contributed by atoms with Crippen LogP contribution in [-0.4, -0.2) is 89.1 Å². The van der Waals surface area contributed by atoms with Gasteiger partial charge in [-0.05, 0) is 31.3 Å². The lowest BCUT2D eigenvalue weighted by atomic mass is 10.1. The maximum atomic E-state index is 12.9. The second kappa shape index (κ2) is 16.8. The third-order valence-corrected chi connectivity index (χ3v) is 5.39. The van der Waals surface area contributed by atoms with Gasteiger partial charge in [0.05, 0.1) is 12.5 Å². The monoisotopic (exact) mass is 522 g/mol. The van der Waals surface area contributed by atoms with Gasteiger partial charge in [0.15, 0.2) is 5.96 Å². The van der Waals surface area contributed by atoms with Gasteiger partial charge in [-0.2, -0.15) is 24.4 Å². The van der Waals surface area contributed by atoms with E-state index in [0.717, 1.165) is 0 Å². The minimum atomic E-state index is -1.48. The number of nitrogens with zero attached hydrogens (tertiary/aromatic N) is 1. The lowest BCUT2D eigenvalue weighted by molar-refractivity contribution is -0.141. The molecule has 0 saturated heterocycles. The van der Waals surface area contributed by atoms with E-state index in [0.29, 0.717) is 18.6 Å². The molecule has 0 spiro atoms. The van der Waals surface area contributed by atoms with E-state index in [9.17, 15) is 24.0 Å². The number of carboxylic acid groups (broad SMARTS) is 1. The number of carbonyl (C=O) groups is 5. The number of nitrogens with one attached hydrogen (secondary N) is 3. The number of aliphatic carboxylic acids is 1. The third kappa shape index (κ3) is 13.1. The molecule has 4 atom stereocenters. The molecule has 16 heteroatoms. The van der Waals surface area contributed by atoms with Crippen LogP contribution in [0.3, 0.4) is 0 Å². The smallest absolute Gasteiger partial charge is 0.327 e. The van der Waals surface area contributed by atoms with Gasteiger partial charge in [0.2, 0.25) is 23.6 Å². The number of aliphatic imine (C=N–C) groups is 1. The molecular weight excluding hydrogens is 488 g/mol. The molecule has 194 valence electrons. The SMILES string of the molecule is CSCCC(N)C(=O)NC(CCCN=C(N)N)C(=O)NC(CC(N)=O)C(=O)NC(CS)C(=O)O. The zero-order valence-corrected chi connectivity index (χ0v) is 20.6. The summed E-state index contributed by atoms with van der Waals surface area (Å²) in [5, 5.41) is 16.1. The van der Waals surface area contributed by atoms with E-state index in [4.69, 9.17) is 28.0 Å². The summed E-state index contributed by atoms with van der Waals surface area (Å²) in [6.45, 7) is 0.175. The van der Waals surface area contributed by atoms with Crippen molar-refractivity contribution in [3.05, 3.63) is 0 Å². The van der Waals surface area contributed by atoms with Crippen LogP contribution in [0.5, 0.6) is 0 Å². The fraction of sp³-hybridized carbons (Fsp3) is 0.667. The number of thioether (sulfide) groups is 1. The summed E-state index contributed by atoms with van der Waals surface area (Å²) < 4.78 is 0. The minimum Gasteiger partial charge on any atom is -0.480 e. The molecule has 0 bridgehead atoms. The third-order valence-electron chi connectivity index (χ3n) is 4.38. The van der Waals surface area contributed by atoms with Crippen molar-refractivity contribution >= 4 is 59.9 Å². The molecule has 0 rings (SSSR count). The van der Waals surface area contributed by atoms with Gasteiger partial charge >= 0.3 is 5.97 Å². The summed E-state index contributed by atoms with van der Waals surface area (Å²) in [7, 11) is 0. The van der Waals surface area contributed by atoms with Gasteiger partial charge in [-0.3, -0.25) is 24.2 Å². The van der Waals surface area contributed by atoms with Gasteiger partial charge in [-0.1, -0.05) is 0 Å². The van der Waals surface area contributed by atoms with Crippen molar-refractivity contribution in [3.8, 4) is 0 Å². The summed E-state index contributed by atoms with van der Waals surface area (Å²) >= 11 is 5.35. The molecule has 0 radical (unpaired) electrons. The Kier molecular flexibility index (Phi) is 15.5. The Balaban J connectivity index is 5.50. The molecule has 0 aromatic carbocycles. The Morgan fingerprint density at radius 1 is 0.941 bits per heavy atom. The molecule has 0 heterocycles. The number of thiol groups is 1. The summed E-state index contributed by atoms with van der Waals surface area (Å²) in [6, 6.07) is -4.83. The van der Waals surface area contributed by atoms with Crippen LogP contribution in [0.15, 0.2) is 4.99 Å². The maximum absolute atomic E-state index is 12.9. The highest BCUT2D eigenvalue weighted by atomic mass is 32.2. The average molecular weight is 523 g/mol. The summed E-state index contributed by atoms with van der Waals surface area (Å²) in [5.41, 5.74) is 21.6. The summed E-state index contributed by atoms with van der Waals surface area (Å²) in [6.07, 6.45) is 2.02. The van der Waals surface area contributed by atoms with E-state index in [2.05, 4.69) is 33.6 Å². The Morgan fingerprint density at radius 2 is 1.50 bits per heavy atom. The molecule has 0 saturated carbocycles. The van der Waals surface area contributed by atoms with E-state index in [1.165, 1.54) is 11.8 Å². The Morgan fingerprint density at radius 3 is 2.00 bits per heavy atom. The van der Waals surface area contributed by atoms with Crippen LogP contribution in [-0.2, 0) is 24.0 Å². The number of hydrogen-bond donors (Lipinski definition) is 9. The van der Waals surface area contributed by atoms with Crippen molar-refractivity contribution in [3.63, 3.8) is 0 Å². The first-order chi connectivity index (χ1) is 15.9.